The molecule has 0 saturated heterocycles. The smallest absolute Gasteiger partial charge is 0.270 e. The third-order valence-corrected chi connectivity index (χ3v) is 3.09. The second-order valence-corrected chi connectivity index (χ2v) is 4.83. The normalized spacial score (nSPS) is 12.3. The second-order valence-electron chi connectivity index (χ2n) is 4.43. The van der Waals surface area contributed by atoms with Gasteiger partial charge in [-0.1, -0.05) is 25.4 Å². The maximum atomic E-state index is 11.9. The fraction of sp³-hybridized carbons (Fsp3) is 0.417. The van der Waals surface area contributed by atoms with E-state index in [4.69, 9.17) is 11.6 Å². The van der Waals surface area contributed by atoms with Crippen LogP contribution in [0.2, 0.25) is 5.02 Å². The van der Waals surface area contributed by atoms with E-state index >= 15 is 0 Å². The van der Waals surface area contributed by atoms with Gasteiger partial charge >= 0.3 is 0 Å². The molecule has 1 aromatic rings. The number of halogens is 1. The van der Waals surface area contributed by atoms with Gasteiger partial charge in [0, 0.05) is 18.2 Å². The van der Waals surface area contributed by atoms with Crippen molar-refractivity contribution < 1.29 is 9.72 Å². The summed E-state index contributed by atoms with van der Waals surface area (Å²) in [5, 5.41) is 13.6. The molecule has 5 nitrogen and oxygen atoms in total. The maximum Gasteiger partial charge on any atom is 0.270 e. The minimum atomic E-state index is -0.557. The Labute approximate surface area is 110 Å². The molecule has 0 bridgehead atoms. The monoisotopic (exact) mass is 270 g/mol. The van der Waals surface area contributed by atoms with E-state index in [1.165, 1.54) is 18.2 Å². The predicted molar refractivity (Wildman–Crippen MR) is 69.9 cm³/mol. The Bertz CT molecular complexity index is 474. The topological polar surface area (TPSA) is 72.2 Å². The lowest BCUT2D eigenvalue weighted by Gasteiger charge is -2.17. The molecule has 1 atom stereocenters. The van der Waals surface area contributed by atoms with E-state index in [2.05, 4.69) is 5.32 Å². The summed E-state index contributed by atoms with van der Waals surface area (Å²) in [4.78, 5) is 22.0. The molecule has 0 aromatic heterocycles. The van der Waals surface area contributed by atoms with Crippen molar-refractivity contribution >= 4 is 23.2 Å². The highest BCUT2D eigenvalue weighted by Gasteiger charge is 2.18. The summed E-state index contributed by atoms with van der Waals surface area (Å²) in [6.07, 6.45) is 0. The molecule has 0 aliphatic heterocycles. The number of carbonyl (C=O) groups excluding carboxylic acids is 1. The predicted octanol–water partition coefficient (Wildman–Crippen LogP) is 3.02. The van der Waals surface area contributed by atoms with Crippen LogP contribution in [0.3, 0.4) is 0 Å². The van der Waals surface area contributed by atoms with Crippen LogP contribution in [0.4, 0.5) is 5.69 Å². The molecule has 6 heteroatoms. The van der Waals surface area contributed by atoms with E-state index in [0.717, 1.165) is 0 Å². The number of nitro benzene ring substituents is 1. The van der Waals surface area contributed by atoms with Crippen molar-refractivity contribution in [1.82, 2.24) is 5.32 Å². The van der Waals surface area contributed by atoms with Crippen LogP contribution in [0.25, 0.3) is 0 Å². The lowest BCUT2D eigenvalue weighted by atomic mass is 10.1. The van der Waals surface area contributed by atoms with Crippen molar-refractivity contribution in [2.75, 3.05) is 0 Å². The molecule has 0 aliphatic carbocycles. The van der Waals surface area contributed by atoms with Gasteiger partial charge in [-0.05, 0) is 18.9 Å². The number of amides is 1. The van der Waals surface area contributed by atoms with E-state index in [0.29, 0.717) is 0 Å². The summed E-state index contributed by atoms with van der Waals surface area (Å²) in [5.41, 5.74) is -0.0277. The SMILES string of the molecule is CC(C)[C@H](C)NC(=O)c1cc([N+](=O)[O-])ccc1Cl. The van der Waals surface area contributed by atoms with Crippen LogP contribution in [0.15, 0.2) is 18.2 Å². The molecule has 1 amide bonds. The zero-order valence-electron chi connectivity index (χ0n) is 10.4. The standard InChI is InChI=1S/C12H15ClN2O3/c1-7(2)8(3)14-12(16)10-6-9(15(17)18)4-5-11(10)13/h4-8H,1-3H3,(H,14,16)/t8-/m0/s1. The Morgan fingerprint density at radius 3 is 2.50 bits per heavy atom. The average molecular weight is 271 g/mol. The minimum Gasteiger partial charge on any atom is -0.349 e. The number of hydrogen-bond acceptors (Lipinski definition) is 3. The first kappa shape index (κ1) is 14.4. The maximum absolute atomic E-state index is 11.9. The molecule has 1 aromatic carbocycles. The van der Waals surface area contributed by atoms with E-state index < -0.39 is 10.8 Å². The van der Waals surface area contributed by atoms with Gasteiger partial charge in [-0.2, -0.15) is 0 Å². The molecule has 98 valence electrons. The van der Waals surface area contributed by atoms with Crippen molar-refractivity contribution in [3.8, 4) is 0 Å². The number of nitrogens with one attached hydrogen (secondary N) is 1. The first-order valence-corrected chi connectivity index (χ1v) is 5.95. The first-order chi connectivity index (χ1) is 8.32. The number of rotatable bonds is 4. The number of nitrogens with zero attached hydrogens (tertiary/aromatic N) is 1. The summed E-state index contributed by atoms with van der Waals surface area (Å²) in [5.74, 6) is -0.128. The summed E-state index contributed by atoms with van der Waals surface area (Å²) >= 11 is 5.88. The van der Waals surface area contributed by atoms with Crippen LogP contribution in [0.1, 0.15) is 31.1 Å². The molecule has 1 N–H and O–H groups in total. The van der Waals surface area contributed by atoms with Crippen LogP contribution in [-0.4, -0.2) is 16.9 Å². The van der Waals surface area contributed by atoms with Gasteiger partial charge in [-0.3, -0.25) is 14.9 Å². The molecule has 0 aliphatic rings. The molecule has 1 rings (SSSR count). The highest BCUT2D eigenvalue weighted by Crippen LogP contribution is 2.22. The van der Waals surface area contributed by atoms with E-state index in [-0.39, 0.29) is 28.2 Å². The number of hydrogen-bond donors (Lipinski definition) is 1. The summed E-state index contributed by atoms with van der Waals surface area (Å²) in [6.45, 7) is 5.81. The summed E-state index contributed by atoms with van der Waals surface area (Å²) < 4.78 is 0. The molecule has 18 heavy (non-hydrogen) atoms. The van der Waals surface area contributed by atoms with Crippen molar-refractivity contribution in [2.24, 2.45) is 5.92 Å². The van der Waals surface area contributed by atoms with Crippen molar-refractivity contribution in [1.29, 1.82) is 0 Å². The third-order valence-electron chi connectivity index (χ3n) is 2.76. The molecule has 0 unspecified atom stereocenters. The fourth-order valence-corrected chi connectivity index (χ4v) is 1.46. The molecule has 0 saturated carbocycles. The number of non-ortho nitro benzene ring substituents is 1. The van der Waals surface area contributed by atoms with E-state index in [1.807, 2.05) is 20.8 Å². The average Bonchev–Trinajstić information content (AvgIpc) is 2.28. The Morgan fingerprint density at radius 1 is 1.39 bits per heavy atom. The third kappa shape index (κ3) is 3.43. The Morgan fingerprint density at radius 2 is 2.00 bits per heavy atom. The van der Waals surface area contributed by atoms with Gasteiger partial charge in [0.1, 0.15) is 0 Å². The minimum absolute atomic E-state index is 0.0344. The largest absolute Gasteiger partial charge is 0.349 e. The van der Waals surface area contributed by atoms with Crippen LogP contribution >= 0.6 is 11.6 Å². The molecule has 0 spiro atoms. The van der Waals surface area contributed by atoms with Gasteiger partial charge < -0.3 is 5.32 Å². The van der Waals surface area contributed by atoms with Crippen molar-refractivity contribution in [3.63, 3.8) is 0 Å². The lowest BCUT2D eigenvalue weighted by molar-refractivity contribution is -0.384. The van der Waals surface area contributed by atoms with Crippen molar-refractivity contribution in [3.05, 3.63) is 38.9 Å². The molecule has 0 heterocycles. The first-order valence-electron chi connectivity index (χ1n) is 5.57. The van der Waals surface area contributed by atoms with Gasteiger partial charge in [0.25, 0.3) is 11.6 Å². The Balaban J connectivity index is 2.98. The molecular formula is C12H15ClN2O3. The highest BCUT2D eigenvalue weighted by atomic mass is 35.5. The lowest BCUT2D eigenvalue weighted by Crippen LogP contribution is -2.36. The van der Waals surface area contributed by atoms with Gasteiger partial charge in [0.05, 0.1) is 15.5 Å². The zero-order chi connectivity index (χ0) is 13.9. The van der Waals surface area contributed by atoms with Crippen LogP contribution in [0, 0.1) is 16.0 Å². The van der Waals surface area contributed by atoms with E-state index in [1.54, 1.807) is 0 Å². The molecule has 0 radical (unpaired) electrons. The Kier molecular flexibility index (Phi) is 4.67. The fourth-order valence-electron chi connectivity index (χ4n) is 1.25. The van der Waals surface area contributed by atoms with Crippen LogP contribution < -0.4 is 5.32 Å². The van der Waals surface area contributed by atoms with Gasteiger partial charge in [-0.15, -0.1) is 0 Å². The second kappa shape index (κ2) is 5.82. The number of nitro groups is 1. The van der Waals surface area contributed by atoms with Crippen molar-refractivity contribution in [2.45, 2.75) is 26.8 Å². The van der Waals surface area contributed by atoms with Gasteiger partial charge in [0.15, 0.2) is 0 Å². The van der Waals surface area contributed by atoms with Gasteiger partial charge in [0.2, 0.25) is 0 Å². The molecular weight excluding hydrogens is 256 g/mol. The van der Waals surface area contributed by atoms with E-state index in [9.17, 15) is 14.9 Å². The summed E-state index contributed by atoms with van der Waals surface area (Å²) in [6, 6.07) is 3.78. The van der Waals surface area contributed by atoms with Crippen LogP contribution in [0.5, 0.6) is 0 Å². The van der Waals surface area contributed by atoms with Gasteiger partial charge in [-0.25, -0.2) is 0 Å². The summed E-state index contributed by atoms with van der Waals surface area (Å²) in [7, 11) is 0. The van der Waals surface area contributed by atoms with Crippen LogP contribution in [-0.2, 0) is 0 Å². The number of benzene rings is 1. The highest BCUT2D eigenvalue weighted by molar-refractivity contribution is 6.33. The number of carbonyl (C=O) groups is 1. The zero-order valence-corrected chi connectivity index (χ0v) is 11.2. The quantitative estimate of drug-likeness (QED) is 0.675. The molecule has 0 fully saturated rings. The Hall–Kier alpha value is -1.62.